The third-order valence-corrected chi connectivity index (χ3v) is 4.16. The SMILES string of the molecule is COc1ccc(NC(=O)c2cc3c([nH]c2=O)CCCC3=O)c(OC)c1. The number of carbonyl (C=O) groups excluding carboxylic acids is 2. The average Bonchev–Trinajstić information content (AvgIpc) is 2.61. The summed E-state index contributed by atoms with van der Waals surface area (Å²) in [4.78, 5) is 39.4. The van der Waals surface area contributed by atoms with Crippen LogP contribution < -0.4 is 20.3 Å². The molecule has 0 unspecified atom stereocenters. The van der Waals surface area contributed by atoms with E-state index in [1.807, 2.05) is 0 Å². The molecule has 0 atom stereocenters. The van der Waals surface area contributed by atoms with Crippen LogP contribution in [-0.4, -0.2) is 30.9 Å². The largest absolute Gasteiger partial charge is 0.497 e. The summed E-state index contributed by atoms with van der Waals surface area (Å²) >= 11 is 0. The van der Waals surface area contributed by atoms with Gasteiger partial charge in [-0.2, -0.15) is 0 Å². The van der Waals surface area contributed by atoms with Crippen molar-refractivity contribution in [3.8, 4) is 11.5 Å². The zero-order valence-corrected chi connectivity index (χ0v) is 14.0. The van der Waals surface area contributed by atoms with Gasteiger partial charge < -0.3 is 19.8 Å². The lowest BCUT2D eigenvalue weighted by molar-refractivity contribution is 0.0971. The van der Waals surface area contributed by atoms with Gasteiger partial charge in [-0.15, -0.1) is 0 Å². The number of benzene rings is 1. The summed E-state index contributed by atoms with van der Waals surface area (Å²) in [5.41, 5.74) is 0.791. The van der Waals surface area contributed by atoms with Crippen LogP contribution in [0.25, 0.3) is 0 Å². The number of methoxy groups -OCH3 is 2. The fourth-order valence-electron chi connectivity index (χ4n) is 2.84. The Bertz CT molecular complexity index is 901. The minimum absolute atomic E-state index is 0.0615. The van der Waals surface area contributed by atoms with Gasteiger partial charge in [0.25, 0.3) is 11.5 Å². The summed E-state index contributed by atoms with van der Waals surface area (Å²) in [5, 5.41) is 2.64. The molecule has 1 aliphatic carbocycles. The van der Waals surface area contributed by atoms with Crippen LogP contribution in [0.4, 0.5) is 5.69 Å². The number of H-pyrrole nitrogens is 1. The number of hydrogen-bond acceptors (Lipinski definition) is 5. The molecule has 3 rings (SSSR count). The van der Waals surface area contributed by atoms with Crippen molar-refractivity contribution in [2.24, 2.45) is 0 Å². The summed E-state index contributed by atoms with van der Waals surface area (Å²) in [6, 6.07) is 6.28. The Balaban J connectivity index is 1.93. The molecule has 0 bridgehead atoms. The molecule has 25 heavy (non-hydrogen) atoms. The van der Waals surface area contributed by atoms with Crippen molar-refractivity contribution in [3.63, 3.8) is 0 Å². The number of fused-ring (bicyclic) bond motifs is 1. The van der Waals surface area contributed by atoms with Crippen molar-refractivity contribution >= 4 is 17.4 Å². The van der Waals surface area contributed by atoms with E-state index in [4.69, 9.17) is 9.47 Å². The molecule has 1 aromatic carbocycles. The van der Waals surface area contributed by atoms with Crippen molar-refractivity contribution < 1.29 is 19.1 Å². The standard InChI is InChI=1S/C18H18N2O5/c1-24-10-6-7-14(16(8-10)25-2)20-18(23)12-9-11-13(19-17(12)22)4-3-5-15(11)21/h6-9H,3-5H2,1-2H3,(H,19,22)(H,20,23). The molecule has 1 heterocycles. The number of ether oxygens (including phenoxy) is 2. The summed E-state index contributed by atoms with van der Waals surface area (Å²) in [5.74, 6) is 0.310. The van der Waals surface area contributed by atoms with Crippen molar-refractivity contribution in [1.29, 1.82) is 0 Å². The van der Waals surface area contributed by atoms with E-state index in [1.54, 1.807) is 18.2 Å². The third kappa shape index (κ3) is 3.26. The second-order valence-electron chi connectivity index (χ2n) is 5.70. The van der Waals surface area contributed by atoms with Crippen LogP contribution in [-0.2, 0) is 6.42 Å². The van der Waals surface area contributed by atoms with E-state index in [2.05, 4.69) is 10.3 Å². The highest BCUT2D eigenvalue weighted by Crippen LogP contribution is 2.29. The van der Waals surface area contributed by atoms with Gasteiger partial charge in [-0.1, -0.05) is 0 Å². The first kappa shape index (κ1) is 16.8. The van der Waals surface area contributed by atoms with E-state index >= 15 is 0 Å². The molecule has 0 spiro atoms. The van der Waals surface area contributed by atoms with E-state index in [9.17, 15) is 14.4 Å². The lowest BCUT2D eigenvalue weighted by Crippen LogP contribution is -2.27. The maximum atomic E-state index is 12.5. The van der Waals surface area contributed by atoms with Gasteiger partial charge in [0.15, 0.2) is 5.78 Å². The lowest BCUT2D eigenvalue weighted by Gasteiger charge is -2.15. The van der Waals surface area contributed by atoms with Crippen molar-refractivity contribution in [1.82, 2.24) is 4.98 Å². The predicted molar refractivity (Wildman–Crippen MR) is 91.8 cm³/mol. The van der Waals surface area contributed by atoms with Gasteiger partial charge in [0.2, 0.25) is 0 Å². The van der Waals surface area contributed by atoms with Crippen molar-refractivity contribution in [2.45, 2.75) is 19.3 Å². The summed E-state index contributed by atoms with van der Waals surface area (Å²) < 4.78 is 10.3. The first-order chi connectivity index (χ1) is 12.0. The first-order valence-corrected chi connectivity index (χ1v) is 7.86. The number of aromatic amines is 1. The molecule has 130 valence electrons. The van der Waals surface area contributed by atoms with Gasteiger partial charge in [-0.3, -0.25) is 14.4 Å². The molecule has 1 aromatic heterocycles. The van der Waals surface area contributed by atoms with E-state index in [0.717, 1.165) is 0 Å². The zero-order chi connectivity index (χ0) is 18.0. The Morgan fingerprint density at radius 1 is 1.12 bits per heavy atom. The van der Waals surface area contributed by atoms with Gasteiger partial charge in [0.05, 0.1) is 19.9 Å². The lowest BCUT2D eigenvalue weighted by atomic mass is 9.93. The molecule has 1 aliphatic rings. The molecule has 0 saturated carbocycles. The van der Waals surface area contributed by atoms with Gasteiger partial charge in [-0.05, 0) is 31.0 Å². The van der Waals surface area contributed by atoms with Crippen LogP contribution in [0.5, 0.6) is 11.5 Å². The van der Waals surface area contributed by atoms with E-state index in [1.165, 1.54) is 20.3 Å². The molecule has 0 fully saturated rings. The summed E-state index contributed by atoms with van der Waals surface area (Å²) in [6.07, 6.45) is 1.76. The van der Waals surface area contributed by atoms with E-state index in [-0.39, 0.29) is 11.3 Å². The highest BCUT2D eigenvalue weighted by molar-refractivity contribution is 6.07. The number of pyridine rings is 1. The zero-order valence-electron chi connectivity index (χ0n) is 14.0. The molecule has 2 N–H and O–H groups in total. The number of nitrogens with one attached hydrogen (secondary N) is 2. The Kier molecular flexibility index (Phi) is 4.56. The van der Waals surface area contributed by atoms with Gasteiger partial charge >= 0.3 is 0 Å². The number of anilines is 1. The van der Waals surface area contributed by atoms with Crippen molar-refractivity contribution in [2.75, 3.05) is 19.5 Å². The van der Waals surface area contributed by atoms with E-state index < -0.39 is 11.5 Å². The summed E-state index contributed by atoms with van der Waals surface area (Å²) in [6.45, 7) is 0. The molecule has 1 amide bonds. The number of Topliss-reactive ketones (excluding diaryl/α,β-unsaturated/α-hetero) is 1. The maximum absolute atomic E-state index is 12.5. The fourth-order valence-corrected chi connectivity index (χ4v) is 2.84. The van der Waals surface area contributed by atoms with Crippen LogP contribution in [0.2, 0.25) is 0 Å². The fraction of sp³-hybridized carbons (Fsp3) is 0.278. The number of amides is 1. The van der Waals surface area contributed by atoms with Gasteiger partial charge in [0, 0.05) is 23.7 Å². The number of aryl methyl sites for hydroxylation is 1. The smallest absolute Gasteiger partial charge is 0.261 e. The highest BCUT2D eigenvalue weighted by atomic mass is 16.5. The maximum Gasteiger partial charge on any atom is 0.261 e. The summed E-state index contributed by atoms with van der Waals surface area (Å²) in [7, 11) is 2.99. The van der Waals surface area contributed by atoms with Crippen LogP contribution in [0, 0.1) is 0 Å². The normalized spacial score (nSPS) is 13.1. The van der Waals surface area contributed by atoms with Crippen molar-refractivity contribution in [3.05, 3.63) is 51.4 Å². The Hall–Kier alpha value is -3.09. The topological polar surface area (TPSA) is 97.5 Å². The first-order valence-electron chi connectivity index (χ1n) is 7.86. The Labute approximate surface area is 144 Å². The highest BCUT2D eigenvalue weighted by Gasteiger charge is 2.22. The average molecular weight is 342 g/mol. The van der Waals surface area contributed by atoms with Gasteiger partial charge in [-0.25, -0.2) is 0 Å². The van der Waals surface area contributed by atoms with Gasteiger partial charge in [0.1, 0.15) is 17.1 Å². The van der Waals surface area contributed by atoms with Crippen LogP contribution in [0.3, 0.4) is 0 Å². The number of hydrogen-bond donors (Lipinski definition) is 2. The second kappa shape index (κ2) is 6.80. The van der Waals surface area contributed by atoms with Crippen LogP contribution in [0.15, 0.2) is 29.1 Å². The third-order valence-electron chi connectivity index (χ3n) is 4.16. The Morgan fingerprint density at radius 3 is 2.64 bits per heavy atom. The number of aromatic nitrogens is 1. The molecule has 2 aromatic rings. The monoisotopic (exact) mass is 342 g/mol. The molecule has 0 saturated heterocycles. The van der Waals surface area contributed by atoms with E-state index in [0.29, 0.717) is 47.7 Å². The molecular formula is C18H18N2O5. The molecule has 0 radical (unpaired) electrons. The molecule has 0 aliphatic heterocycles. The number of ketones is 1. The molecular weight excluding hydrogens is 324 g/mol. The minimum atomic E-state index is -0.606. The number of carbonyl (C=O) groups is 2. The van der Waals surface area contributed by atoms with Crippen LogP contribution >= 0.6 is 0 Å². The minimum Gasteiger partial charge on any atom is -0.497 e. The van der Waals surface area contributed by atoms with Crippen LogP contribution in [0.1, 0.15) is 39.3 Å². The molecule has 7 heteroatoms. The predicted octanol–water partition coefficient (Wildman–Crippen LogP) is 2.16. The quantitative estimate of drug-likeness (QED) is 0.887. The number of rotatable bonds is 4. The second-order valence-corrected chi connectivity index (χ2v) is 5.70. The molecule has 7 nitrogen and oxygen atoms in total. The Morgan fingerprint density at radius 2 is 1.92 bits per heavy atom.